The summed E-state index contributed by atoms with van der Waals surface area (Å²) in [6.45, 7) is 4.20. The number of phenolic OH excluding ortho intramolecular Hbond substituents is 1. The minimum absolute atomic E-state index is 0.109. The highest BCUT2D eigenvalue weighted by molar-refractivity contribution is 7.21. The lowest BCUT2D eigenvalue weighted by molar-refractivity contribution is -0.123. The van der Waals surface area contributed by atoms with Gasteiger partial charge < -0.3 is 14.6 Å². The van der Waals surface area contributed by atoms with E-state index in [1.165, 1.54) is 17.6 Å². The Morgan fingerprint density at radius 3 is 2.61 bits per heavy atom. The van der Waals surface area contributed by atoms with Gasteiger partial charge in [0.15, 0.2) is 5.75 Å². The Morgan fingerprint density at radius 1 is 1.06 bits per heavy atom. The molecule has 7 heteroatoms. The topological polar surface area (TPSA) is 72.8 Å². The van der Waals surface area contributed by atoms with Gasteiger partial charge in [-0.3, -0.25) is 9.59 Å². The Kier molecular flexibility index (Phi) is 6.49. The first kappa shape index (κ1) is 22.6. The second-order valence-corrected chi connectivity index (χ2v) is 8.87. The molecule has 0 atom stereocenters. The molecule has 3 aromatic carbocycles. The first-order chi connectivity index (χ1) is 15.9. The van der Waals surface area contributed by atoms with E-state index in [0.29, 0.717) is 44.4 Å². The summed E-state index contributed by atoms with van der Waals surface area (Å²) in [6, 6.07) is 15.6. The van der Waals surface area contributed by atoms with Gasteiger partial charge in [-0.25, -0.2) is 0 Å². The van der Waals surface area contributed by atoms with Crippen molar-refractivity contribution in [1.82, 2.24) is 0 Å². The molecule has 4 aromatic rings. The molecule has 0 unspecified atom stereocenters. The predicted octanol–water partition coefficient (Wildman–Crippen LogP) is 7.04. The Balaban J connectivity index is 1.77. The molecule has 0 bridgehead atoms. The molecule has 1 N–H and O–H groups in total. The zero-order valence-electron chi connectivity index (χ0n) is 17.8. The van der Waals surface area contributed by atoms with Gasteiger partial charge in [0.05, 0.1) is 11.3 Å². The van der Waals surface area contributed by atoms with E-state index in [4.69, 9.17) is 16.3 Å². The summed E-state index contributed by atoms with van der Waals surface area (Å²) in [4.78, 5) is 24.2. The smallest absolute Gasteiger partial charge is 0.297 e. The number of phenols is 1. The van der Waals surface area contributed by atoms with E-state index in [1.807, 2.05) is 32.0 Å². The number of aromatic hydroxyl groups is 1. The summed E-state index contributed by atoms with van der Waals surface area (Å²) in [5, 5.41) is 11.0. The van der Waals surface area contributed by atoms with E-state index in [1.54, 1.807) is 42.5 Å². The summed E-state index contributed by atoms with van der Waals surface area (Å²) in [7, 11) is 0. The molecular weight excluding hydrogens is 460 g/mol. The van der Waals surface area contributed by atoms with Gasteiger partial charge in [0, 0.05) is 21.7 Å². The van der Waals surface area contributed by atoms with Crippen LogP contribution in [0.25, 0.3) is 16.2 Å². The monoisotopic (exact) mass is 478 g/mol. The fourth-order valence-corrected chi connectivity index (χ4v) is 4.82. The minimum Gasteiger partial charge on any atom is -0.508 e. The molecule has 0 spiro atoms. The number of ether oxygens (including phenoxy) is 2. The van der Waals surface area contributed by atoms with E-state index in [9.17, 15) is 14.7 Å². The van der Waals surface area contributed by atoms with Gasteiger partial charge in [-0.1, -0.05) is 35.4 Å². The summed E-state index contributed by atoms with van der Waals surface area (Å²) in [5.41, 5.74) is 3.18. The van der Waals surface area contributed by atoms with E-state index < -0.39 is 0 Å². The van der Waals surface area contributed by atoms with Gasteiger partial charge in [0.25, 0.3) is 6.47 Å². The standard InChI is InChI=1S/C26H19ClO5S/c1-15-3-7-20(16(2)11-15)24(30)26-25(21-8-5-18(29)12-23(21)33-26)32-19-6-4-17(22(27)13-19)9-10-31-14-28/h3-14,29H,1-2H3/b10-9+. The maximum absolute atomic E-state index is 13.5. The number of fused-ring (bicyclic) bond motifs is 1. The second-order valence-electron chi connectivity index (χ2n) is 7.41. The minimum atomic E-state index is -0.153. The van der Waals surface area contributed by atoms with Crippen LogP contribution in [0.1, 0.15) is 31.9 Å². The van der Waals surface area contributed by atoms with Crippen molar-refractivity contribution in [1.29, 1.82) is 0 Å². The molecular formula is C26H19ClO5S. The van der Waals surface area contributed by atoms with Crippen LogP contribution >= 0.6 is 22.9 Å². The van der Waals surface area contributed by atoms with Crippen LogP contribution in [0.2, 0.25) is 5.02 Å². The average molecular weight is 479 g/mol. The molecule has 1 aromatic heterocycles. The lowest BCUT2D eigenvalue weighted by Crippen LogP contribution is -2.03. The van der Waals surface area contributed by atoms with Crippen LogP contribution in [0.15, 0.2) is 60.9 Å². The fourth-order valence-electron chi connectivity index (χ4n) is 3.47. The van der Waals surface area contributed by atoms with Gasteiger partial charge in [0.1, 0.15) is 16.4 Å². The number of rotatable bonds is 7. The Labute approximate surface area is 199 Å². The van der Waals surface area contributed by atoms with Crippen LogP contribution in [0.4, 0.5) is 0 Å². The van der Waals surface area contributed by atoms with Crippen LogP contribution in [0, 0.1) is 13.8 Å². The van der Waals surface area contributed by atoms with Crippen LogP contribution in [0.5, 0.6) is 17.2 Å². The SMILES string of the molecule is Cc1ccc(C(=O)c2sc3cc(O)ccc3c2Oc2ccc(/C=C/OC=O)c(Cl)c2)c(C)c1. The Morgan fingerprint density at radius 2 is 1.88 bits per heavy atom. The summed E-state index contributed by atoms with van der Waals surface area (Å²) < 4.78 is 11.5. The number of benzene rings is 3. The van der Waals surface area contributed by atoms with Crippen LogP contribution in [0.3, 0.4) is 0 Å². The summed E-state index contributed by atoms with van der Waals surface area (Å²) in [6.07, 6.45) is 2.78. The maximum atomic E-state index is 13.5. The third-order valence-electron chi connectivity index (χ3n) is 5.03. The largest absolute Gasteiger partial charge is 0.508 e. The van der Waals surface area contributed by atoms with Gasteiger partial charge in [0.2, 0.25) is 5.78 Å². The highest BCUT2D eigenvalue weighted by atomic mass is 35.5. The Bertz CT molecular complexity index is 1400. The van der Waals surface area contributed by atoms with Gasteiger partial charge in [-0.15, -0.1) is 11.3 Å². The molecule has 166 valence electrons. The van der Waals surface area contributed by atoms with Crippen LogP contribution in [-0.2, 0) is 9.53 Å². The quantitative estimate of drug-likeness (QED) is 0.175. The molecule has 0 fully saturated rings. The molecule has 0 aliphatic rings. The van der Waals surface area contributed by atoms with E-state index in [-0.39, 0.29) is 11.5 Å². The number of hydrogen-bond acceptors (Lipinski definition) is 6. The zero-order chi connectivity index (χ0) is 23.5. The van der Waals surface area contributed by atoms with E-state index in [2.05, 4.69) is 4.74 Å². The molecule has 0 aliphatic carbocycles. The van der Waals surface area contributed by atoms with Gasteiger partial charge in [-0.2, -0.15) is 0 Å². The Hall–Kier alpha value is -3.61. The molecule has 1 heterocycles. The van der Waals surface area contributed by atoms with Crippen molar-refractivity contribution >= 4 is 51.4 Å². The van der Waals surface area contributed by atoms with Crippen molar-refractivity contribution in [2.45, 2.75) is 13.8 Å². The molecule has 0 amide bonds. The number of halogens is 1. The third kappa shape index (κ3) is 4.77. The molecule has 0 radical (unpaired) electrons. The number of aryl methyl sites for hydroxylation is 2. The van der Waals surface area contributed by atoms with Gasteiger partial charge >= 0.3 is 0 Å². The van der Waals surface area contributed by atoms with Crippen molar-refractivity contribution in [3.8, 4) is 17.2 Å². The zero-order valence-corrected chi connectivity index (χ0v) is 19.4. The highest BCUT2D eigenvalue weighted by Crippen LogP contribution is 2.43. The molecule has 5 nitrogen and oxygen atoms in total. The number of thiophene rings is 1. The molecule has 0 saturated heterocycles. The normalized spacial score (nSPS) is 11.1. The highest BCUT2D eigenvalue weighted by Gasteiger charge is 2.23. The maximum Gasteiger partial charge on any atom is 0.297 e. The number of ketones is 1. The number of hydrogen-bond donors (Lipinski definition) is 1. The first-order valence-electron chi connectivity index (χ1n) is 9.98. The summed E-state index contributed by atoms with van der Waals surface area (Å²) >= 11 is 7.61. The van der Waals surface area contributed by atoms with Crippen molar-refractivity contribution < 1.29 is 24.2 Å². The van der Waals surface area contributed by atoms with E-state index in [0.717, 1.165) is 15.8 Å². The lowest BCUT2D eigenvalue weighted by Gasteiger charge is -2.10. The average Bonchev–Trinajstić information content (AvgIpc) is 3.12. The van der Waals surface area contributed by atoms with Crippen molar-refractivity contribution in [3.63, 3.8) is 0 Å². The number of carbonyl (C=O) groups excluding carboxylic acids is 2. The first-order valence-corrected chi connectivity index (χ1v) is 11.2. The number of carbonyl (C=O) groups is 2. The van der Waals surface area contributed by atoms with Crippen molar-refractivity contribution in [2.75, 3.05) is 0 Å². The van der Waals surface area contributed by atoms with E-state index >= 15 is 0 Å². The van der Waals surface area contributed by atoms with Crippen LogP contribution in [-0.4, -0.2) is 17.4 Å². The van der Waals surface area contributed by atoms with Crippen molar-refractivity contribution in [3.05, 3.63) is 93.0 Å². The molecule has 0 saturated carbocycles. The van der Waals surface area contributed by atoms with Gasteiger partial charge in [-0.05, 0) is 61.4 Å². The predicted molar refractivity (Wildman–Crippen MR) is 131 cm³/mol. The summed E-state index contributed by atoms with van der Waals surface area (Å²) in [5.74, 6) is 0.803. The molecule has 4 rings (SSSR count). The fraction of sp³-hybridized carbons (Fsp3) is 0.0769. The molecule has 0 aliphatic heterocycles. The van der Waals surface area contributed by atoms with Crippen LogP contribution < -0.4 is 4.74 Å². The third-order valence-corrected chi connectivity index (χ3v) is 6.49. The lowest BCUT2D eigenvalue weighted by atomic mass is 10.0. The second kappa shape index (κ2) is 9.48. The van der Waals surface area contributed by atoms with Crippen molar-refractivity contribution in [2.24, 2.45) is 0 Å². The molecule has 33 heavy (non-hydrogen) atoms.